The van der Waals surface area contributed by atoms with Crippen LogP contribution in [0.15, 0.2) is 95.3 Å². The highest BCUT2D eigenvalue weighted by atomic mass is 16.6. The highest BCUT2D eigenvalue weighted by Crippen LogP contribution is 2.40. The van der Waals surface area contributed by atoms with Crippen molar-refractivity contribution in [2.24, 2.45) is 0 Å². The number of ether oxygens (including phenoxy) is 2. The van der Waals surface area contributed by atoms with E-state index >= 15 is 0 Å². The number of hydrogen-bond acceptors (Lipinski definition) is 7. The minimum Gasteiger partial charge on any atom is -0.466 e. The Bertz CT molecular complexity index is 1480. The van der Waals surface area contributed by atoms with Crippen molar-refractivity contribution in [2.45, 2.75) is 19.8 Å². The number of non-ortho nitro benzene ring substituents is 1. The molecular weight excluding hydrogens is 472 g/mol. The lowest BCUT2D eigenvalue weighted by atomic mass is 9.80. The molecule has 0 bridgehead atoms. The van der Waals surface area contributed by atoms with Crippen LogP contribution in [0.5, 0.6) is 0 Å². The second kappa shape index (κ2) is 10.9. The predicted molar refractivity (Wildman–Crippen MR) is 140 cm³/mol. The van der Waals surface area contributed by atoms with Crippen LogP contribution in [0.1, 0.15) is 30.9 Å². The summed E-state index contributed by atoms with van der Waals surface area (Å²) in [7, 11) is 1.24. The molecule has 1 atom stereocenters. The maximum Gasteiger partial charge on any atom is 0.337 e. The van der Waals surface area contributed by atoms with Crippen LogP contribution in [0.4, 0.5) is 5.69 Å². The van der Waals surface area contributed by atoms with Gasteiger partial charge in [0.05, 0.1) is 29.1 Å². The lowest BCUT2D eigenvalue weighted by Gasteiger charge is -2.30. The van der Waals surface area contributed by atoms with Crippen LogP contribution < -0.4 is 5.32 Å². The Kier molecular flexibility index (Phi) is 7.48. The van der Waals surface area contributed by atoms with Gasteiger partial charge in [0.15, 0.2) is 0 Å². The number of hydrogen-bond donors (Lipinski definition) is 1. The summed E-state index contributed by atoms with van der Waals surface area (Å²) in [6.45, 7) is 3.39. The van der Waals surface area contributed by atoms with Gasteiger partial charge in [-0.05, 0) is 47.9 Å². The Labute approximate surface area is 214 Å². The fraction of sp³-hybridized carbons (Fsp3) is 0.172. The first-order chi connectivity index (χ1) is 17.8. The van der Waals surface area contributed by atoms with Crippen molar-refractivity contribution < 1.29 is 24.0 Å². The van der Waals surface area contributed by atoms with Gasteiger partial charge < -0.3 is 14.8 Å². The molecule has 0 amide bonds. The van der Waals surface area contributed by atoms with E-state index in [9.17, 15) is 19.7 Å². The molecule has 3 aromatic carbocycles. The summed E-state index contributed by atoms with van der Waals surface area (Å²) in [6, 6.07) is 19.9. The van der Waals surface area contributed by atoms with Gasteiger partial charge in [0.1, 0.15) is 6.61 Å². The SMILES string of the molecule is COC(=O)C1=C(C)NC(C)=C(C(=O)OC/C=C/c2ccc3ccccc3c2)C1c1cccc([N+](=O)[O-])c1. The Morgan fingerprint density at radius 3 is 2.35 bits per heavy atom. The van der Waals surface area contributed by atoms with Gasteiger partial charge in [-0.25, -0.2) is 9.59 Å². The van der Waals surface area contributed by atoms with Crippen molar-refractivity contribution in [1.29, 1.82) is 0 Å². The molecule has 1 aliphatic rings. The summed E-state index contributed by atoms with van der Waals surface area (Å²) in [6.07, 6.45) is 3.60. The molecule has 8 nitrogen and oxygen atoms in total. The number of carbonyl (C=O) groups excluding carboxylic acids is 2. The Morgan fingerprint density at radius 1 is 0.946 bits per heavy atom. The van der Waals surface area contributed by atoms with Gasteiger partial charge in [0, 0.05) is 23.5 Å². The van der Waals surface area contributed by atoms with Crippen molar-refractivity contribution in [3.63, 3.8) is 0 Å². The van der Waals surface area contributed by atoms with Gasteiger partial charge >= 0.3 is 11.9 Å². The molecule has 0 spiro atoms. The lowest BCUT2D eigenvalue weighted by Crippen LogP contribution is -2.32. The van der Waals surface area contributed by atoms with Crippen molar-refractivity contribution in [3.8, 4) is 0 Å². The molecule has 1 aliphatic heterocycles. The number of carbonyl (C=O) groups is 2. The maximum atomic E-state index is 13.3. The van der Waals surface area contributed by atoms with Crippen molar-refractivity contribution in [3.05, 3.63) is 117 Å². The zero-order chi connectivity index (χ0) is 26.5. The number of fused-ring (bicyclic) bond motifs is 1. The second-order valence-corrected chi connectivity index (χ2v) is 8.59. The number of rotatable bonds is 7. The minimum absolute atomic E-state index is 0.000349. The van der Waals surface area contributed by atoms with E-state index in [1.54, 1.807) is 26.0 Å². The van der Waals surface area contributed by atoms with Crippen molar-refractivity contribution in [2.75, 3.05) is 13.7 Å². The van der Waals surface area contributed by atoms with E-state index < -0.39 is 22.8 Å². The number of nitrogens with one attached hydrogen (secondary N) is 1. The van der Waals surface area contributed by atoms with Gasteiger partial charge in [0.2, 0.25) is 0 Å². The van der Waals surface area contributed by atoms with E-state index in [1.165, 1.54) is 25.3 Å². The molecule has 0 aliphatic carbocycles. The van der Waals surface area contributed by atoms with Crippen LogP contribution in [0.2, 0.25) is 0 Å². The van der Waals surface area contributed by atoms with Gasteiger partial charge in [-0.1, -0.05) is 54.6 Å². The van der Waals surface area contributed by atoms with E-state index in [1.807, 2.05) is 48.5 Å². The zero-order valence-corrected chi connectivity index (χ0v) is 20.7. The van der Waals surface area contributed by atoms with E-state index in [0.29, 0.717) is 17.0 Å². The summed E-state index contributed by atoms with van der Waals surface area (Å²) in [5.74, 6) is -2.18. The van der Waals surface area contributed by atoms with Crippen LogP contribution in [0.3, 0.4) is 0 Å². The van der Waals surface area contributed by atoms with Crippen LogP contribution >= 0.6 is 0 Å². The number of nitrogens with zero attached hydrogens (tertiary/aromatic N) is 1. The smallest absolute Gasteiger partial charge is 0.337 e. The Hall–Kier alpha value is -4.72. The second-order valence-electron chi connectivity index (χ2n) is 8.59. The summed E-state index contributed by atoms with van der Waals surface area (Å²) in [4.78, 5) is 36.9. The first kappa shape index (κ1) is 25.4. The monoisotopic (exact) mass is 498 g/mol. The number of benzene rings is 3. The molecule has 37 heavy (non-hydrogen) atoms. The average Bonchev–Trinajstić information content (AvgIpc) is 2.90. The topological polar surface area (TPSA) is 108 Å². The number of dihydropyridines is 1. The Balaban J connectivity index is 1.60. The quantitative estimate of drug-likeness (QED) is 0.264. The first-order valence-electron chi connectivity index (χ1n) is 11.6. The van der Waals surface area contributed by atoms with Crippen molar-refractivity contribution >= 4 is 34.5 Å². The fourth-order valence-corrected chi connectivity index (χ4v) is 4.49. The van der Waals surface area contributed by atoms with Crippen LogP contribution in [-0.2, 0) is 19.1 Å². The molecule has 188 valence electrons. The maximum absolute atomic E-state index is 13.3. The molecule has 0 saturated carbocycles. The number of nitro groups is 1. The summed E-state index contributed by atoms with van der Waals surface area (Å²) in [5.41, 5.74) is 2.58. The van der Waals surface area contributed by atoms with E-state index in [2.05, 4.69) is 5.32 Å². The molecule has 0 fully saturated rings. The van der Waals surface area contributed by atoms with Crippen LogP contribution in [0.25, 0.3) is 16.8 Å². The third-order valence-corrected chi connectivity index (χ3v) is 6.19. The standard InChI is InChI=1S/C29H26N2O6/c1-18-25(28(32)36-3)27(23-11-6-12-24(17-23)31(34)35)26(19(2)30-18)29(33)37-15-7-8-20-13-14-21-9-4-5-10-22(21)16-20/h4-14,16-17,27,30H,15H2,1-3H3/b8-7+. The molecule has 1 unspecified atom stereocenters. The highest BCUT2D eigenvalue weighted by Gasteiger charge is 2.38. The van der Waals surface area contributed by atoms with Gasteiger partial charge in [0.25, 0.3) is 5.69 Å². The third-order valence-electron chi connectivity index (χ3n) is 6.19. The molecule has 1 heterocycles. The van der Waals surface area contributed by atoms with Crippen molar-refractivity contribution in [1.82, 2.24) is 5.32 Å². The third kappa shape index (κ3) is 5.43. The van der Waals surface area contributed by atoms with Gasteiger partial charge in [-0.15, -0.1) is 0 Å². The Morgan fingerprint density at radius 2 is 1.65 bits per heavy atom. The number of esters is 2. The predicted octanol–water partition coefficient (Wildman–Crippen LogP) is 5.41. The summed E-state index contributed by atoms with van der Waals surface area (Å²) in [5, 5.41) is 16.7. The van der Waals surface area contributed by atoms with E-state index in [0.717, 1.165) is 16.3 Å². The van der Waals surface area contributed by atoms with Crippen LogP contribution in [-0.4, -0.2) is 30.6 Å². The van der Waals surface area contributed by atoms with Gasteiger partial charge in [-0.3, -0.25) is 10.1 Å². The minimum atomic E-state index is -0.898. The van der Waals surface area contributed by atoms with E-state index in [4.69, 9.17) is 9.47 Å². The molecule has 1 N–H and O–H groups in total. The molecular formula is C29H26N2O6. The summed E-state index contributed by atoms with van der Waals surface area (Å²) >= 11 is 0. The molecule has 8 heteroatoms. The number of nitro benzene ring substituents is 1. The first-order valence-corrected chi connectivity index (χ1v) is 11.6. The average molecular weight is 499 g/mol. The normalized spacial score (nSPS) is 15.6. The van der Waals surface area contributed by atoms with Gasteiger partial charge in [-0.2, -0.15) is 0 Å². The molecule has 0 radical (unpaired) electrons. The molecule has 0 aromatic heterocycles. The molecule has 0 saturated heterocycles. The zero-order valence-electron chi connectivity index (χ0n) is 20.7. The highest BCUT2D eigenvalue weighted by molar-refractivity contribution is 6.00. The van der Waals surface area contributed by atoms with Crippen LogP contribution in [0, 0.1) is 10.1 Å². The largest absolute Gasteiger partial charge is 0.466 e. The van der Waals surface area contributed by atoms with E-state index in [-0.39, 0.29) is 23.4 Å². The summed E-state index contributed by atoms with van der Waals surface area (Å²) < 4.78 is 10.5. The lowest BCUT2D eigenvalue weighted by molar-refractivity contribution is -0.384. The fourth-order valence-electron chi connectivity index (χ4n) is 4.49. The molecule has 3 aromatic rings. The molecule has 4 rings (SSSR count). The number of methoxy groups -OCH3 is 1. The number of allylic oxidation sites excluding steroid dienone is 2.